The van der Waals surface area contributed by atoms with Crippen LogP contribution in [0.4, 0.5) is 0 Å². The number of hydrogen-bond acceptors (Lipinski definition) is 1. The smallest absolute Gasteiger partial charge is 0.252 e. The van der Waals surface area contributed by atoms with Crippen LogP contribution in [0.3, 0.4) is 0 Å². The van der Waals surface area contributed by atoms with Crippen molar-refractivity contribution in [2.75, 3.05) is 7.11 Å². The maximum Gasteiger partial charge on any atom is 0.252 e. The molecule has 2 rings (SSSR count). The minimum atomic E-state index is -1.98. The van der Waals surface area contributed by atoms with Gasteiger partial charge in [0.05, 0.1) is 0 Å². The summed E-state index contributed by atoms with van der Waals surface area (Å²) in [5.74, 6) is 0. The molecular weight excluding hydrogens is 212 g/mol. The molecule has 0 amide bonds. The van der Waals surface area contributed by atoms with Gasteiger partial charge in [-0.2, -0.15) is 0 Å². The molecule has 0 N–H and O–H groups in total. The van der Waals surface area contributed by atoms with Gasteiger partial charge < -0.3 is 4.43 Å². The van der Waals surface area contributed by atoms with Crippen LogP contribution in [0.2, 0.25) is 6.55 Å². The highest BCUT2D eigenvalue weighted by Crippen LogP contribution is 2.05. The van der Waals surface area contributed by atoms with Crippen LogP contribution in [0.15, 0.2) is 60.7 Å². The Bertz CT molecular complexity index is 399. The van der Waals surface area contributed by atoms with E-state index in [4.69, 9.17) is 4.43 Å². The van der Waals surface area contributed by atoms with E-state index in [2.05, 4.69) is 55.1 Å². The van der Waals surface area contributed by atoms with Gasteiger partial charge in [-0.25, -0.2) is 0 Å². The van der Waals surface area contributed by atoms with Crippen molar-refractivity contribution in [3.8, 4) is 0 Å². The Hall–Kier alpha value is -1.38. The zero-order valence-corrected chi connectivity index (χ0v) is 10.7. The first-order valence-electron chi connectivity index (χ1n) is 5.43. The van der Waals surface area contributed by atoms with Crippen LogP contribution in [0, 0.1) is 0 Å². The van der Waals surface area contributed by atoms with Crippen molar-refractivity contribution in [3.63, 3.8) is 0 Å². The van der Waals surface area contributed by atoms with Crippen LogP contribution in [0.5, 0.6) is 0 Å². The zero-order valence-electron chi connectivity index (χ0n) is 9.68. The molecule has 2 heteroatoms. The predicted octanol–water partition coefficient (Wildman–Crippen LogP) is 2.02. The minimum absolute atomic E-state index is 1.31. The van der Waals surface area contributed by atoms with Crippen molar-refractivity contribution in [1.29, 1.82) is 0 Å². The molecule has 82 valence electrons. The van der Waals surface area contributed by atoms with E-state index in [-0.39, 0.29) is 0 Å². The lowest BCUT2D eigenvalue weighted by molar-refractivity contribution is 0.421. The molecule has 0 unspecified atom stereocenters. The van der Waals surface area contributed by atoms with Gasteiger partial charge in [0.25, 0.3) is 8.32 Å². The Morgan fingerprint density at radius 3 is 1.44 bits per heavy atom. The van der Waals surface area contributed by atoms with Crippen LogP contribution >= 0.6 is 0 Å². The van der Waals surface area contributed by atoms with Crippen LogP contribution in [-0.4, -0.2) is 15.4 Å². The van der Waals surface area contributed by atoms with Crippen LogP contribution in [0.1, 0.15) is 0 Å². The second kappa shape index (κ2) is 4.64. The fourth-order valence-corrected chi connectivity index (χ4v) is 4.38. The fraction of sp³-hybridized carbons (Fsp3) is 0.143. The van der Waals surface area contributed by atoms with Crippen molar-refractivity contribution in [3.05, 3.63) is 60.7 Å². The van der Waals surface area contributed by atoms with Gasteiger partial charge in [0.15, 0.2) is 0 Å². The first kappa shape index (κ1) is 11.1. The molecule has 0 aliphatic carbocycles. The lowest BCUT2D eigenvalue weighted by atomic mass is 10.4. The molecule has 0 saturated heterocycles. The third-order valence-electron chi connectivity index (χ3n) is 3.06. The van der Waals surface area contributed by atoms with Gasteiger partial charge in [0.2, 0.25) is 0 Å². The summed E-state index contributed by atoms with van der Waals surface area (Å²) in [7, 11) is -0.164. The van der Waals surface area contributed by atoms with E-state index in [1.165, 1.54) is 10.4 Å². The standard InChI is InChI=1S/C14H16OSi/c1-15-16(2,13-9-5-3-6-10-13)14-11-7-4-8-12-14/h3-12H,1-2H3. The lowest BCUT2D eigenvalue weighted by Gasteiger charge is -2.26. The third-order valence-corrected chi connectivity index (χ3v) is 6.74. The summed E-state index contributed by atoms with van der Waals surface area (Å²) >= 11 is 0. The maximum absolute atomic E-state index is 5.85. The average Bonchev–Trinajstić information content (AvgIpc) is 2.40. The van der Waals surface area contributed by atoms with Crippen molar-refractivity contribution in [2.45, 2.75) is 6.55 Å². The van der Waals surface area contributed by atoms with E-state index in [9.17, 15) is 0 Å². The normalized spacial score (nSPS) is 11.4. The summed E-state index contributed by atoms with van der Waals surface area (Å²) in [5, 5.41) is 2.62. The molecule has 0 spiro atoms. The van der Waals surface area contributed by atoms with E-state index < -0.39 is 8.32 Å². The summed E-state index contributed by atoms with van der Waals surface area (Å²) in [4.78, 5) is 0. The molecule has 2 aromatic rings. The molecular formula is C14H16OSi. The fourth-order valence-electron chi connectivity index (χ4n) is 1.91. The van der Waals surface area contributed by atoms with E-state index >= 15 is 0 Å². The molecule has 0 radical (unpaired) electrons. The second-order valence-electron chi connectivity index (χ2n) is 3.97. The van der Waals surface area contributed by atoms with Gasteiger partial charge in [0.1, 0.15) is 0 Å². The summed E-state index contributed by atoms with van der Waals surface area (Å²) in [6, 6.07) is 21.0. The summed E-state index contributed by atoms with van der Waals surface area (Å²) in [5.41, 5.74) is 0. The van der Waals surface area contributed by atoms with E-state index in [0.717, 1.165) is 0 Å². The molecule has 16 heavy (non-hydrogen) atoms. The summed E-state index contributed by atoms with van der Waals surface area (Å²) in [6.07, 6.45) is 0. The minimum Gasteiger partial charge on any atom is -0.411 e. The Labute approximate surface area is 97.8 Å². The third kappa shape index (κ3) is 1.94. The molecule has 0 aromatic heterocycles. The SMILES string of the molecule is CO[Si](C)(c1ccccc1)c1ccccc1. The zero-order chi connectivity index (χ0) is 11.4. The highest BCUT2D eigenvalue weighted by Gasteiger charge is 2.32. The maximum atomic E-state index is 5.85. The summed E-state index contributed by atoms with van der Waals surface area (Å²) in [6.45, 7) is 2.23. The van der Waals surface area contributed by atoms with Crippen LogP contribution < -0.4 is 10.4 Å². The Kier molecular flexibility index (Phi) is 3.22. The molecule has 0 fully saturated rings. The van der Waals surface area contributed by atoms with Gasteiger partial charge >= 0.3 is 0 Å². The first-order chi connectivity index (χ1) is 7.77. The van der Waals surface area contributed by atoms with Gasteiger partial charge in [-0.15, -0.1) is 0 Å². The summed E-state index contributed by atoms with van der Waals surface area (Å²) < 4.78 is 5.85. The Morgan fingerprint density at radius 1 is 0.750 bits per heavy atom. The van der Waals surface area contributed by atoms with E-state index in [0.29, 0.717) is 0 Å². The number of hydrogen-bond donors (Lipinski definition) is 0. The lowest BCUT2D eigenvalue weighted by Crippen LogP contribution is -2.57. The van der Waals surface area contributed by atoms with E-state index in [1.807, 2.05) is 19.2 Å². The average molecular weight is 228 g/mol. The Balaban J connectivity index is 2.49. The molecule has 2 aromatic carbocycles. The highest BCUT2D eigenvalue weighted by molar-refractivity contribution is 6.96. The van der Waals surface area contributed by atoms with Crippen LogP contribution in [0.25, 0.3) is 0 Å². The second-order valence-corrected chi connectivity index (χ2v) is 7.60. The van der Waals surface area contributed by atoms with Crippen LogP contribution in [-0.2, 0) is 4.43 Å². The van der Waals surface area contributed by atoms with Gasteiger partial charge in [0, 0.05) is 7.11 Å². The quantitative estimate of drug-likeness (QED) is 0.730. The van der Waals surface area contributed by atoms with Gasteiger partial charge in [-0.3, -0.25) is 0 Å². The predicted molar refractivity (Wildman–Crippen MR) is 70.8 cm³/mol. The molecule has 0 bridgehead atoms. The van der Waals surface area contributed by atoms with Crippen molar-refractivity contribution in [2.24, 2.45) is 0 Å². The Morgan fingerprint density at radius 2 is 1.12 bits per heavy atom. The molecule has 0 aliphatic heterocycles. The van der Waals surface area contributed by atoms with Crippen molar-refractivity contribution >= 4 is 18.7 Å². The number of rotatable bonds is 3. The molecule has 0 atom stereocenters. The molecule has 0 heterocycles. The monoisotopic (exact) mass is 228 g/mol. The van der Waals surface area contributed by atoms with Crippen molar-refractivity contribution < 1.29 is 4.43 Å². The largest absolute Gasteiger partial charge is 0.411 e. The van der Waals surface area contributed by atoms with E-state index in [1.54, 1.807) is 0 Å². The molecule has 0 aliphatic rings. The van der Waals surface area contributed by atoms with Gasteiger partial charge in [-0.1, -0.05) is 60.7 Å². The van der Waals surface area contributed by atoms with Crippen molar-refractivity contribution in [1.82, 2.24) is 0 Å². The molecule has 1 nitrogen and oxygen atoms in total. The topological polar surface area (TPSA) is 9.23 Å². The molecule has 0 saturated carbocycles. The highest BCUT2D eigenvalue weighted by atomic mass is 28.4. The number of benzene rings is 2. The first-order valence-corrected chi connectivity index (χ1v) is 7.84. The van der Waals surface area contributed by atoms with Gasteiger partial charge in [-0.05, 0) is 16.9 Å².